The Bertz CT molecular complexity index is 701. The van der Waals surface area contributed by atoms with E-state index in [0.29, 0.717) is 25.5 Å². The first-order valence-electron chi connectivity index (χ1n) is 8.04. The number of benzene rings is 1. The number of thioether (sulfide) groups is 1. The van der Waals surface area contributed by atoms with Crippen LogP contribution < -0.4 is 4.74 Å². The molecule has 24 heavy (non-hydrogen) atoms. The third-order valence-electron chi connectivity index (χ3n) is 3.95. The number of ether oxygens (including phenoxy) is 2. The van der Waals surface area contributed by atoms with Gasteiger partial charge >= 0.3 is 0 Å². The van der Waals surface area contributed by atoms with E-state index >= 15 is 0 Å². The van der Waals surface area contributed by atoms with Crippen molar-refractivity contribution in [3.8, 4) is 11.4 Å². The molecule has 0 unspecified atom stereocenters. The number of para-hydroxylation sites is 2. The summed E-state index contributed by atoms with van der Waals surface area (Å²) in [5.74, 6) is 1.55. The van der Waals surface area contributed by atoms with E-state index < -0.39 is 0 Å². The smallest absolute Gasteiger partial charge is 0.233 e. The number of hydrogen-bond donors (Lipinski definition) is 0. The molecule has 1 aliphatic heterocycles. The molecule has 1 atom stereocenters. The zero-order valence-electron chi connectivity index (χ0n) is 14.0. The van der Waals surface area contributed by atoms with Gasteiger partial charge in [-0.1, -0.05) is 12.1 Å². The van der Waals surface area contributed by atoms with Crippen molar-refractivity contribution in [1.82, 2.24) is 9.47 Å². The van der Waals surface area contributed by atoms with Crippen LogP contribution >= 0.6 is 11.8 Å². The molecule has 1 aromatic carbocycles. The summed E-state index contributed by atoms with van der Waals surface area (Å²) >= 11 is 1.66. The fourth-order valence-electron chi connectivity index (χ4n) is 2.82. The quantitative estimate of drug-likeness (QED) is 0.773. The first-order valence-corrected chi connectivity index (χ1v) is 9.09. The minimum atomic E-state index is 0.0492. The Labute approximate surface area is 146 Å². The molecule has 0 bridgehead atoms. The highest BCUT2D eigenvalue weighted by atomic mass is 32.2. The molecule has 0 aliphatic carbocycles. The second kappa shape index (κ2) is 7.77. The second-order valence-corrected chi connectivity index (χ2v) is 6.56. The molecule has 3 rings (SSSR count). The molecule has 1 saturated heterocycles. The molecule has 1 aliphatic rings. The van der Waals surface area contributed by atoms with Crippen molar-refractivity contribution in [2.75, 3.05) is 32.6 Å². The number of aromatic nitrogens is 1. The van der Waals surface area contributed by atoms with Gasteiger partial charge in [0.05, 0.1) is 24.7 Å². The van der Waals surface area contributed by atoms with Gasteiger partial charge in [0.15, 0.2) is 0 Å². The average Bonchev–Trinajstić information content (AvgIpc) is 3.21. The van der Waals surface area contributed by atoms with E-state index in [1.807, 2.05) is 42.3 Å². The first kappa shape index (κ1) is 16.9. The summed E-state index contributed by atoms with van der Waals surface area (Å²) in [6.45, 7) is 3.78. The molecule has 0 radical (unpaired) electrons. The van der Waals surface area contributed by atoms with Crippen LogP contribution in [0, 0.1) is 0 Å². The van der Waals surface area contributed by atoms with E-state index in [1.165, 1.54) is 0 Å². The fraction of sp³-hybridized carbons (Fsp3) is 0.389. The first-order chi connectivity index (χ1) is 11.7. The van der Waals surface area contributed by atoms with E-state index in [2.05, 4.69) is 16.8 Å². The molecule has 0 saturated carbocycles. The number of carbonyl (C=O) groups is 1. The number of hydrogen-bond acceptors (Lipinski definition) is 4. The largest absolute Gasteiger partial charge is 0.492 e. The Morgan fingerprint density at radius 3 is 2.92 bits per heavy atom. The summed E-state index contributed by atoms with van der Waals surface area (Å²) in [5, 5.41) is 0.0492. The number of nitrogens with zero attached hydrogens (tertiary/aromatic N) is 2. The van der Waals surface area contributed by atoms with Crippen molar-refractivity contribution < 1.29 is 14.3 Å². The van der Waals surface area contributed by atoms with Crippen LogP contribution in [0.25, 0.3) is 5.69 Å². The molecular formula is C18H22N2O3S. The Balaban J connectivity index is 1.84. The zero-order chi connectivity index (χ0) is 16.9. The summed E-state index contributed by atoms with van der Waals surface area (Å²) in [6, 6.07) is 10.0. The van der Waals surface area contributed by atoms with E-state index in [1.54, 1.807) is 18.9 Å². The Kier molecular flexibility index (Phi) is 5.48. The minimum Gasteiger partial charge on any atom is -0.492 e. The molecule has 1 amide bonds. The number of methoxy groups -OCH3 is 1. The lowest BCUT2D eigenvalue weighted by Gasteiger charge is -2.22. The number of rotatable bonds is 7. The Hall–Kier alpha value is -1.92. The third kappa shape index (κ3) is 3.44. The van der Waals surface area contributed by atoms with E-state index in [4.69, 9.17) is 9.47 Å². The maximum absolute atomic E-state index is 12.1. The Morgan fingerprint density at radius 2 is 2.12 bits per heavy atom. The zero-order valence-corrected chi connectivity index (χ0v) is 14.8. The number of amides is 1. The van der Waals surface area contributed by atoms with Crippen LogP contribution in [-0.2, 0) is 9.53 Å². The van der Waals surface area contributed by atoms with Crippen molar-refractivity contribution >= 4 is 17.7 Å². The highest BCUT2D eigenvalue weighted by Crippen LogP contribution is 2.39. The van der Waals surface area contributed by atoms with Gasteiger partial charge in [-0.25, -0.2) is 0 Å². The van der Waals surface area contributed by atoms with Gasteiger partial charge in [-0.3, -0.25) is 4.79 Å². The molecule has 2 aromatic rings. The SMILES string of the molecule is CCOc1ccccc1-n1ccc([C@@H]2SCC(=O)N2CCOC)c1. The molecule has 5 nitrogen and oxygen atoms in total. The maximum Gasteiger partial charge on any atom is 0.233 e. The van der Waals surface area contributed by atoms with Crippen molar-refractivity contribution in [3.63, 3.8) is 0 Å². The van der Waals surface area contributed by atoms with Crippen LogP contribution in [0.2, 0.25) is 0 Å². The van der Waals surface area contributed by atoms with Crippen LogP contribution in [0.1, 0.15) is 17.9 Å². The summed E-state index contributed by atoms with van der Waals surface area (Å²) in [6.07, 6.45) is 4.10. The van der Waals surface area contributed by atoms with Gasteiger partial charge in [-0.05, 0) is 25.1 Å². The standard InChI is InChI=1S/C18H22N2O3S/c1-3-23-16-7-5-4-6-15(16)19-9-8-14(12-19)18-20(10-11-22-2)17(21)13-24-18/h4-9,12,18H,3,10-11,13H2,1-2H3/t18-/m0/s1. The lowest BCUT2D eigenvalue weighted by Crippen LogP contribution is -2.31. The van der Waals surface area contributed by atoms with Crippen molar-refractivity contribution in [2.45, 2.75) is 12.3 Å². The molecule has 0 N–H and O–H groups in total. The second-order valence-electron chi connectivity index (χ2n) is 5.50. The molecule has 2 heterocycles. The van der Waals surface area contributed by atoms with Crippen molar-refractivity contribution in [1.29, 1.82) is 0 Å². The van der Waals surface area contributed by atoms with Gasteiger partial charge in [0.25, 0.3) is 0 Å². The van der Waals surface area contributed by atoms with Crippen LogP contribution in [0.5, 0.6) is 5.75 Å². The van der Waals surface area contributed by atoms with Gasteiger partial charge in [0.2, 0.25) is 5.91 Å². The van der Waals surface area contributed by atoms with Crippen molar-refractivity contribution in [3.05, 3.63) is 48.3 Å². The summed E-state index contributed by atoms with van der Waals surface area (Å²) < 4.78 is 12.9. The minimum absolute atomic E-state index is 0.0492. The van der Waals surface area contributed by atoms with Gasteiger partial charge in [-0.2, -0.15) is 0 Å². The predicted molar refractivity (Wildman–Crippen MR) is 95.7 cm³/mol. The summed E-state index contributed by atoms with van der Waals surface area (Å²) in [7, 11) is 1.66. The topological polar surface area (TPSA) is 43.7 Å². The van der Waals surface area contributed by atoms with E-state index in [0.717, 1.165) is 17.0 Å². The number of carbonyl (C=O) groups excluding carboxylic acids is 1. The maximum atomic E-state index is 12.1. The highest BCUT2D eigenvalue weighted by Gasteiger charge is 2.32. The van der Waals surface area contributed by atoms with Gasteiger partial charge < -0.3 is 18.9 Å². The summed E-state index contributed by atoms with van der Waals surface area (Å²) in [5.41, 5.74) is 2.12. The van der Waals surface area contributed by atoms with Gasteiger partial charge in [-0.15, -0.1) is 11.8 Å². The Morgan fingerprint density at radius 1 is 1.29 bits per heavy atom. The fourth-order valence-corrected chi connectivity index (χ4v) is 4.02. The summed E-state index contributed by atoms with van der Waals surface area (Å²) in [4.78, 5) is 14.0. The van der Waals surface area contributed by atoms with Gasteiger partial charge in [0, 0.05) is 31.6 Å². The highest BCUT2D eigenvalue weighted by molar-refractivity contribution is 8.00. The van der Waals surface area contributed by atoms with Crippen LogP contribution in [0.15, 0.2) is 42.7 Å². The van der Waals surface area contributed by atoms with Crippen molar-refractivity contribution in [2.24, 2.45) is 0 Å². The normalized spacial score (nSPS) is 17.5. The average molecular weight is 346 g/mol. The predicted octanol–water partition coefficient (Wildman–Crippen LogP) is 3.10. The van der Waals surface area contributed by atoms with Gasteiger partial charge in [0.1, 0.15) is 11.1 Å². The molecule has 0 spiro atoms. The molecule has 1 fully saturated rings. The van der Waals surface area contributed by atoms with Crippen LogP contribution in [0.4, 0.5) is 0 Å². The monoisotopic (exact) mass is 346 g/mol. The lowest BCUT2D eigenvalue weighted by atomic mass is 10.3. The lowest BCUT2D eigenvalue weighted by molar-refractivity contribution is -0.128. The molecular weight excluding hydrogens is 324 g/mol. The molecule has 1 aromatic heterocycles. The molecule has 6 heteroatoms. The third-order valence-corrected chi connectivity index (χ3v) is 5.20. The van der Waals surface area contributed by atoms with E-state index in [9.17, 15) is 4.79 Å². The van der Waals surface area contributed by atoms with E-state index in [-0.39, 0.29) is 11.3 Å². The van der Waals surface area contributed by atoms with Crippen LogP contribution in [-0.4, -0.2) is 48.0 Å². The molecule has 128 valence electrons. The van der Waals surface area contributed by atoms with Crippen LogP contribution in [0.3, 0.4) is 0 Å².